The number of para-hydroxylation sites is 3. The highest BCUT2D eigenvalue weighted by atomic mass is 16.5. The average molecular weight is 417 g/mol. The lowest BCUT2D eigenvalue weighted by Gasteiger charge is -2.19. The number of rotatable bonds is 8. The molecule has 2 atom stereocenters. The number of hydrogen-bond acceptors (Lipinski definition) is 3. The summed E-state index contributed by atoms with van der Waals surface area (Å²) in [5.74, 6) is 0.120. The largest absolute Gasteiger partial charge is 0.480 e. The SMILES string of the molecule is CC[C@H](C)c1ccccc1NC(=O)[C@H](C)Oc1ccccc1C(=O)Nc1ccccc1. The zero-order chi connectivity index (χ0) is 22.2. The Hall–Kier alpha value is -3.60. The zero-order valence-corrected chi connectivity index (χ0v) is 18.1. The summed E-state index contributed by atoms with van der Waals surface area (Å²) in [5, 5.41) is 5.82. The van der Waals surface area contributed by atoms with Crippen LogP contribution in [0, 0.1) is 0 Å². The summed E-state index contributed by atoms with van der Waals surface area (Å²) < 4.78 is 5.89. The van der Waals surface area contributed by atoms with Crippen molar-refractivity contribution in [1.82, 2.24) is 0 Å². The van der Waals surface area contributed by atoms with E-state index in [1.807, 2.05) is 54.6 Å². The summed E-state index contributed by atoms with van der Waals surface area (Å²) in [6.07, 6.45) is 0.193. The third kappa shape index (κ3) is 5.72. The standard InChI is InChI=1S/C26H28N2O3/c1-4-18(2)21-14-8-10-16-23(21)28-25(29)19(3)31-24-17-11-9-15-22(24)26(30)27-20-12-6-5-7-13-20/h5-19H,4H2,1-3H3,(H,27,30)(H,28,29)/t18-,19-/m0/s1. The van der Waals surface area contributed by atoms with Gasteiger partial charge in [-0.15, -0.1) is 0 Å². The van der Waals surface area contributed by atoms with Crippen molar-refractivity contribution in [3.63, 3.8) is 0 Å². The fourth-order valence-electron chi connectivity index (χ4n) is 3.22. The van der Waals surface area contributed by atoms with Crippen molar-refractivity contribution in [1.29, 1.82) is 0 Å². The highest BCUT2D eigenvalue weighted by Crippen LogP contribution is 2.27. The molecule has 3 rings (SSSR count). The van der Waals surface area contributed by atoms with E-state index in [4.69, 9.17) is 4.74 Å². The van der Waals surface area contributed by atoms with Gasteiger partial charge in [0.25, 0.3) is 11.8 Å². The highest BCUT2D eigenvalue weighted by molar-refractivity contribution is 6.06. The van der Waals surface area contributed by atoms with Crippen LogP contribution in [-0.4, -0.2) is 17.9 Å². The molecule has 3 aromatic rings. The number of amides is 2. The number of anilines is 2. The predicted molar refractivity (Wildman–Crippen MR) is 125 cm³/mol. The molecule has 0 fully saturated rings. The molecule has 0 saturated carbocycles. The Morgan fingerprint density at radius 2 is 1.48 bits per heavy atom. The van der Waals surface area contributed by atoms with E-state index in [-0.39, 0.29) is 11.8 Å². The lowest BCUT2D eigenvalue weighted by Crippen LogP contribution is -2.31. The maximum Gasteiger partial charge on any atom is 0.265 e. The van der Waals surface area contributed by atoms with Gasteiger partial charge in [0.1, 0.15) is 5.75 Å². The van der Waals surface area contributed by atoms with Gasteiger partial charge in [0.15, 0.2) is 6.10 Å². The summed E-state index contributed by atoms with van der Waals surface area (Å²) in [6.45, 7) is 5.92. The first-order valence-electron chi connectivity index (χ1n) is 10.5. The molecule has 0 aliphatic heterocycles. The maximum atomic E-state index is 12.8. The Bertz CT molecular complexity index is 1030. The van der Waals surface area contributed by atoms with Gasteiger partial charge in [-0.2, -0.15) is 0 Å². The quantitative estimate of drug-likeness (QED) is 0.483. The number of carbonyl (C=O) groups excluding carboxylic acids is 2. The van der Waals surface area contributed by atoms with Gasteiger partial charge in [-0.05, 0) is 55.2 Å². The Morgan fingerprint density at radius 3 is 2.23 bits per heavy atom. The van der Waals surface area contributed by atoms with Gasteiger partial charge >= 0.3 is 0 Å². The monoisotopic (exact) mass is 416 g/mol. The second-order valence-corrected chi connectivity index (χ2v) is 7.46. The summed E-state index contributed by atoms with van der Waals surface area (Å²) >= 11 is 0. The topological polar surface area (TPSA) is 67.4 Å². The lowest BCUT2D eigenvalue weighted by molar-refractivity contribution is -0.122. The molecule has 5 nitrogen and oxygen atoms in total. The molecule has 2 amide bonds. The van der Waals surface area contributed by atoms with Crippen molar-refractivity contribution in [2.45, 2.75) is 39.2 Å². The van der Waals surface area contributed by atoms with Crippen molar-refractivity contribution in [3.8, 4) is 5.75 Å². The van der Waals surface area contributed by atoms with Crippen LogP contribution in [0.3, 0.4) is 0 Å². The highest BCUT2D eigenvalue weighted by Gasteiger charge is 2.20. The Kier molecular flexibility index (Phi) is 7.44. The molecule has 3 aromatic carbocycles. The van der Waals surface area contributed by atoms with E-state index >= 15 is 0 Å². The summed E-state index contributed by atoms with van der Waals surface area (Å²) in [5.41, 5.74) is 2.93. The first-order valence-corrected chi connectivity index (χ1v) is 10.5. The number of nitrogens with one attached hydrogen (secondary N) is 2. The molecular formula is C26H28N2O3. The smallest absolute Gasteiger partial charge is 0.265 e. The minimum Gasteiger partial charge on any atom is -0.480 e. The van der Waals surface area contributed by atoms with Crippen molar-refractivity contribution < 1.29 is 14.3 Å². The molecular weight excluding hydrogens is 388 g/mol. The molecule has 2 N–H and O–H groups in total. The minimum absolute atomic E-state index is 0.269. The minimum atomic E-state index is -0.782. The molecule has 5 heteroatoms. The molecule has 0 aliphatic carbocycles. The van der Waals surface area contributed by atoms with Crippen LogP contribution in [0.2, 0.25) is 0 Å². The van der Waals surface area contributed by atoms with Crippen molar-refractivity contribution in [2.24, 2.45) is 0 Å². The third-order valence-corrected chi connectivity index (χ3v) is 5.20. The van der Waals surface area contributed by atoms with Gasteiger partial charge in [0.05, 0.1) is 5.56 Å². The van der Waals surface area contributed by atoms with E-state index in [0.29, 0.717) is 22.9 Å². The van der Waals surface area contributed by atoms with E-state index in [2.05, 4.69) is 24.5 Å². The van der Waals surface area contributed by atoms with Crippen molar-refractivity contribution >= 4 is 23.2 Å². The predicted octanol–water partition coefficient (Wildman–Crippen LogP) is 5.86. The molecule has 0 radical (unpaired) electrons. The maximum absolute atomic E-state index is 12.8. The second kappa shape index (κ2) is 10.4. The van der Waals surface area contributed by atoms with Gasteiger partial charge in [-0.3, -0.25) is 9.59 Å². The lowest BCUT2D eigenvalue weighted by atomic mass is 9.97. The summed E-state index contributed by atoms with van der Waals surface area (Å²) in [4.78, 5) is 25.6. The Balaban J connectivity index is 1.72. The van der Waals surface area contributed by atoms with Crippen molar-refractivity contribution in [3.05, 3.63) is 90.0 Å². The summed E-state index contributed by atoms with van der Waals surface area (Å²) in [6, 6.07) is 23.9. The number of hydrogen-bond donors (Lipinski definition) is 2. The van der Waals surface area contributed by atoms with Gasteiger partial charge in [-0.25, -0.2) is 0 Å². The molecule has 0 unspecified atom stereocenters. The Morgan fingerprint density at radius 1 is 0.839 bits per heavy atom. The van der Waals surface area contributed by atoms with Crippen LogP contribution in [0.25, 0.3) is 0 Å². The van der Waals surface area contributed by atoms with E-state index in [1.165, 1.54) is 0 Å². The molecule has 0 spiro atoms. The van der Waals surface area contributed by atoms with Gasteiger partial charge < -0.3 is 15.4 Å². The van der Waals surface area contributed by atoms with Crippen LogP contribution in [0.1, 0.15) is 49.0 Å². The number of carbonyl (C=O) groups is 2. The average Bonchev–Trinajstić information content (AvgIpc) is 2.79. The number of ether oxygens (including phenoxy) is 1. The van der Waals surface area contributed by atoms with Crippen molar-refractivity contribution in [2.75, 3.05) is 10.6 Å². The first-order chi connectivity index (χ1) is 15.0. The van der Waals surface area contributed by atoms with E-state index in [0.717, 1.165) is 17.7 Å². The fourth-order valence-corrected chi connectivity index (χ4v) is 3.22. The zero-order valence-electron chi connectivity index (χ0n) is 18.1. The summed E-state index contributed by atoms with van der Waals surface area (Å²) in [7, 11) is 0. The molecule has 0 aliphatic rings. The van der Waals surface area contributed by atoms with E-state index in [9.17, 15) is 9.59 Å². The molecule has 0 aromatic heterocycles. The normalized spacial score (nSPS) is 12.5. The number of benzene rings is 3. The van der Waals surface area contributed by atoms with Gasteiger partial charge in [0, 0.05) is 11.4 Å². The van der Waals surface area contributed by atoms with Crippen LogP contribution in [0.15, 0.2) is 78.9 Å². The molecule has 0 heterocycles. The molecule has 31 heavy (non-hydrogen) atoms. The first kappa shape index (κ1) is 22.1. The van der Waals surface area contributed by atoms with E-state index < -0.39 is 6.10 Å². The van der Waals surface area contributed by atoms with Crippen LogP contribution < -0.4 is 15.4 Å². The van der Waals surface area contributed by atoms with Crippen LogP contribution in [0.4, 0.5) is 11.4 Å². The van der Waals surface area contributed by atoms with Gasteiger partial charge in [0.2, 0.25) is 0 Å². The molecule has 160 valence electrons. The van der Waals surface area contributed by atoms with Crippen LogP contribution in [-0.2, 0) is 4.79 Å². The van der Waals surface area contributed by atoms with Gasteiger partial charge in [-0.1, -0.05) is 62.4 Å². The van der Waals surface area contributed by atoms with Crippen LogP contribution in [0.5, 0.6) is 5.75 Å². The molecule has 0 bridgehead atoms. The molecule has 0 saturated heterocycles. The second-order valence-electron chi connectivity index (χ2n) is 7.46. The Labute approximate surface area is 183 Å². The fraction of sp³-hybridized carbons (Fsp3) is 0.231. The van der Waals surface area contributed by atoms with Crippen LogP contribution >= 0.6 is 0 Å². The third-order valence-electron chi connectivity index (χ3n) is 5.20. The van der Waals surface area contributed by atoms with E-state index in [1.54, 1.807) is 31.2 Å².